The first-order valence-corrected chi connectivity index (χ1v) is 8.99. The molecule has 1 N–H and O–H groups in total. The standard InChI is InChI=1S/C14H32N.H2O4S/c1-5-7-9-10-11-12-14-15(3,4)13-8-6-2;1-5(2,3)4/h5-14H2,1-4H3;(H2,1,2,3,4)/q+1;/p-1. The number of unbranched alkanes of at least 4 members (excludes halogenated alkanes) is 6. The first-order chi connectivity index (χ1) is 9.12. The van der Waals surface area contributed by atoms with Crippen molar-refractivity contribution in [2.75, 3.05) is 27.2 Å². The van der Waals surface area contributed by atoms with E-state index in [-0.39, 0.29) is 0 Å². The van der Waals surface area contributed by atoms with Gasteiger partial charge in [0.1, 0.15) is 0 Å². The van der Waals surface area contributed by atoms with E-state index in [2.05, 4.69) is 27.9 Å². The number of nitrogens with zero attached hydrogens (tertiary/aromatic N) is 1. The predicted octanol–water partition coefficient (Wildman–Crippen LogP) is 3.23. The largest absolute Gasteiger partial charge is 0.726 e. The SMILES string of the molecule is CCCCCCCC[N+](C)(C)CCCC.O=S(=O)([O-])O. The van der Waals surface area contributed by atoms with E-state index >= 15 is 0 Å². The van der Waals surface area contributed by atoms with E-state index < -0.39 is 10.4 Å². The third-order valence-corrected chi connectivity index (χ3v) is 3.23. The number of quaternary nitrogens is 1. The second-order valence-corrected chi connectivity index (χ2v) is 6.79. The molecule has 0 amide bonds. The van der Waals surface area contributed by atoms with Gasteiger partial charge in [-0.2, -0.15) is 0 Å². The zero-order chi connectivity index (χ0) is 16.1. The second-order valence-electron chi connectivity index (χ2n) is 5.93. The van der Waals surface area contributed by atoms with Crippen molar-refractivity contribution in [2.45, 2.75) is 65.2 Å². The molecule has 6 heteroatoms. The van der Waals surface area contributed by atoms with Crippen LogP contribution in [0, 0.1) is 0 Å². The summed E-state index contributed by atoms with van der Waals surface area (Å²) in [6.07, 6.45) is 11.2. The Bertz CT molecular complexity index is 294. The molecule has 0 atom stereocenters. The van der Waals surface area contributed by atoms with Gasteiger partial charge in [0.05, 0.1) is 27.2 Å². The Morgan fingerprint density at radius 3 is 1.65 bits per heavy atom. The Morgan fingerprint density at radius 2 is 1.20 bits per heavy atom. The van der Waals surface area contributed by atoms with Gasteiger partial charge < -0.3 is 9.04 Å². The van der Waals surface area contributed by atoms with Crippen molar-refractivity contribution in [3.8, 4) is 0 Å². The van der Waals surface area contributed by atoms with Gasteiger partial charge in [0.15, 0.2) is 0 Å². The molecule has 0 aliphatic rings. The second kappa shape index (κ2) is 12.6. The fourth-order valence-electron chi connectivity index (χ4n) is 2.02. The minimum absolute atomic E-state index is 1.22. The van der Waals surface area contributed by atoms with Gasteiger partial charge in [0, 0.05) is 0 Å². The molecule has 5 nitrogen and oxygen atoms in total. The van der Waals surface area contributed by atoms with E-state index in [4.69, 9.17) is 17.5 Å². The van der Waals surface area contributed by atoms with E-state index in [0.717, 1.165) is 0 Å². The number of hydrogen-bond acceptors (Lipinski definition) is 3. The van der Waals surface area contributed by atoms with Gasteiger partial charge >= 0.3 is 0 Å². The summed E-state index contributed by atoms with van der Waals surface area (Å²) in [5.74, 6) is 0. The molecular formula is C14H33NO4S. The molecule has 0 bridgehead atoms. The maximum Gasteiger partial charge on any atom is 0.215 e. The van der Waals surface area contributed by atoms with Gasteiger partial charge in [-0.05, 0) is 19.3 Å². The molecule has 0 unspecified atom stereocenters. The zero-order valence-corrected chi connectivity index (χ0v) is 14.4. The highest BCUT2D eigenvalue weighted by Gasteiger charge is 2.12. The Morgan fingerprint density at radius 1 is 0.850 bits per heavy atom. The van der Waals surface area contributed by atoms with Crippen LogP contribution >= 0.6 is 0 Å². The van der Waals surface area contributed by atoms with E-state index in [1.54, 1.807) is 0 Å². The van der Waals surface area contributed by atoms with Gasteiger partial charge in [-0.15, -0.1) is 0 Å². The number of rotatable bonds is 10. The summed E-state index contributed by atoms with van der Waals surface area (Å²) in [7, 11) is -0.163. The Kier molecular flexibility index (Phi) is 13.9. The van der Waals surface area contributed by atoms with Crippen LogP contribution in [0.2, 0.25) is 0 Å². The first-order valence-electron chi connectivity index (χ1n) is 7.62. The van der Waals surface area contributed by atoms with Crippen LogP contribution in [0.1, 0.15) is 65.2 Å². The zero-order valence-electron chi connectivity index (χ0n) is 13.6. The van der Waals surface area contributed by atoms with Crippen molar-refractivity contribution in [3.63, 3.8) is 0 Å². The highest BCUT2D eigenvalue weighted by molar-refractivity contribution is 7.79. The highest BCUT2D eigenvalue weighted by Crippen LogP contribution is 2.09. The van der Waals surface area contributed by atoms with Crippen LogP contribution in [0.15, 0.2) is 0 Å². The predicted molar refractivity (Wildman–Crippen MR) is 82.5 cm³/mol. The van der Waals surface area contributed by atoms with Crippen LogP contribution in [0.5, 0.6) is 0 Å². The number of hydrogen-bond donors (Lipinski definition) is 1. The summed E-state index contributed by atoms with van der Waals surface area (Å²) in [6.45, 7) is 7.28. The summed E-state index contributed by atoms with van der Waals surface area (Å²) in [4.78, 5) is 0. The summed E-state index contributed by atoms with van der Waals surface area (Å²) in [5, 5.41) is 0. The summed E-state index contributed by atoms with van der Waals surface area (Å²) < 4.78 is 34.1. The molecule has 0 fully saturated rings. The summed E-state index contributed by atoms with van der Waals surface area (Å²) in [5.41, 5.74) is 0. The molecule has 0 aliphatic heterocycles. The normalized spacial score (nSPS) is 11.9. The molecule has 124 valence electrons. The Hall–Kier alpha value is -0.170. The summed E-state index contributed by atoms with van der Waals surface area (Å²) in [6, 6.07) is 0. The van der Waals surface area contributed by atoms with Crippen molar-refractivity contribution in [1.29, 1.82) is 0 Å². The van der Waals surface area contributed by atoms with Crippen molar-refractivity contribution in [3.05, 3.63) is 0 Å². The lowest BCUT2D eigenvalue weighted by Crippen LogP contribution is -2.41. The molecule has 0 aromatic rings. The van der Waals surface area contributed by atoms with Gasteiger partial charge in [-0.1, -0.05) is 46.0 Å². The monoisotopic (exact) mass is 311 g/mol. The molecule has 0 aliphatic carbocycles. The molecular weight excluding hydrogens is 278 g/mol. The van der Waals surface area contributed by atoms with Crippen LogP contribution in [-0.2, 0) is 10.4 Å². The van der Waals surface area contributed by atoms with Crippen LogP contribution in [0.3, 0.4) is 0 Å². The van der Waals surface area contributed by atoms with Gasteiger partial charge in [0.25, 0.3) is 0 Å². The van der Waals surface area contributed by atoms with Crippen molar-refractivity contribution in [1.82, 2.24) is 0 Å². The van der Waals surface area contributed by atoms with Crippen molar-refractivity contribution >= 4 is 10.4 Å². The molecule has 0 radical (unpaired) electrons. The van der Waals surface area contributed by atoms with Crippen LogP contribution in [0.25, 0.3) is 0 Å². The molecule has 0 aromatic carbocycles. The van der Waals surface area contributed by atoms with Crippen LogP contribution in [-0.4, -0.2) is 49.2 Å². The third-order valence-electron chi connectivity index (χ3n) is 3.23. The van der Waals surface area contributed by atoms with Gasteiger partial charge in [-0.25, -0.2) is 8.42 Å². The minimum Gasteiger partial charge on any atom is -0.726 e. The van der Waals surface area contributed by atoms with Gasteiger partial charge in [-0.3, -0.25) is 4.55 Å². The quantitative estimate of drug-likeness (QED) is 0.291. The third kappa shape index (κ3) is 26.4. The van der Waals surface area contributed by atoms with Gasteiger partial charge in [0.2, 0.25) is 10.4 Å². The molecule has 0 aromatic heterocycles. The molecule has 0 saturated carbocycles. The fraction of sp³-hybridized carbons (Fsp3) is 1.00. The van der Waals surface area contributed by atoms with E-state index in [1.165, 1.54) is 68.9 Å². The maximum absolute atomic E-state index is 8.63. The lowest BCUT2D eigenvalue weighted by molar-refractivity contribution is -0.890. The Labute approximate surface area is 125 Å². The average molecular weight is 311 g/mol. The fourth-order valence-corrected chi connectivity index (χ4v) is 2.02. The van der Waals surface area contributed by atoms with E-state index in [0.29, 0.717) is 0 Å². The van der Waals surface area contributed by atoms with E-state index in [9.17, 15) is 0 Å². The minimum atomic E-state index is -4.92. The first kappa shape index (κ1) is 22.1. The van der Waals surface area contributed by atoms with Crippen molar-refractivity contribution in [2.24, 2.45) is 0 Å². The van der Waals surface area contributed by atoms with Crippen LogP contribution in [0.4, 0.5) is 0 Å². The molecule has 0 rings (SSSR count). The molecule has 0 heterocycles. The smallest absolute Gasteiger partial charge is 0.215 e. The van der Waals surface area contributed by atoms with Crippen LogP contribution < -0.4 is 0 Å². The topological polar surface area (TPSA) is 77.4 Å². The van der Waals surface area contributed by atoms with Crippen molar-refractivity contribution < 1.29 is 22.0 Å². The van der Waals surface area contributed by atoms with E-state index in [1.807, 2.05) is 0 Å². The lowest BCUT2D eigenvalue weighted by Gasteiger charge is -2.29. The molecule has 0 spiro atoms. The molecule has 0 saturated heterocycles. The maximum atomic E-state index is 8.63. The highest BCUT2D eigenvalue weighted by atomic mass is 32.3. The Balaban J connectivity index is 0. The average Bonchev–Trinajstić information content (AvgIpc) is 2.29. The lowest BCUT2D eigenvalue weighted by atomic mass is 10.1. The summed E-state index contributed by atoms with van der Waals surface area (Å²) >= 11 is 0. The molecule has 20 heavy (non-hydrogen) atoms.